The molecule has 0 aliphatic carbocycles. The highest BCUT2D eigenvalue weighted by Crippen LogP contribution is 2.25. The lowest BCUT2D eigenvalue weighted by Crippen LogP contribution is -2.39. The molecule has 0 spiro atoms. The van der Waals surface area contributed by atoms with Crippen LogP contribution in [-0.4, -0.2) is 48.5 Å². The zero-order valence-corrected chi connectivity index (χ0v) is 10.4. The summed E-state index contributed by atoms with van der Waals surface area (Å²) in [6.07, 6.45) is 1.16. The first-order valence-electron chi connectivity index (χ1n) is 5.16. The van der Waals surface area contributed by atoms with Gasteiger partial charge in [0.2, 0.25) is 0 Å². The van der Waals surface area contributed by atoms with Crippen LogP contribution in [0.2, 0.25) is 0 Å². The maximum Gasteiger partial charge on any atom is 0.157 e. The van der Waals surface area contributed by atoms with Gasteiger partial charge < -0.3 is 10.2 Å². The first-order valence-corrected chi connectivity index (χ1v) is 6.14. The normalized spacial score (nSPS) is 29.9. The molecule has 1 saturated heterocycles. The van der Waals surface area contributed by atoms with Crippen LogP contribution < -0.4 is 5.32 Å². The number of thioether (sulfide) groups is 1. The minimum atomic E-state index is 0.265. The third kappa shape index (κ3) is 3.50. The van der Waals surface area contributed by atoms with Gasteiger partial charge in [0, 0.05) is 17.8 Å². The van der Waals surface area contributed by atoms with E-state index in [1.165, 1.54) is 0 Å². The second-order valence-electron chi connectivity index (χ2n) is 4.32. The van der Waals surface area contributed by atoms with Crippen LogP contribution in [0.3, 0.4) is 0 Å². The molecule has 1 fully saturated rings. The summed E-state index contributed by atoms with van der Waals surface area (Å²) in [5.74, 6) is 1.14. The second-order valence-corrected chi connectivity index (χ2v) is 5.28. The van der Waals surface area contributed by atoms with Crippen molar-refractivity contribution in [1.29, 1.82) is 0 Å². The highest BCUT2D eigenvalue weighted by molar-refractivity contribution is 8.14. The van der Waals surface area contributed by atoms with Crippen LogP contribution in [0.15, 0.2) is 4.99 Å². The Balaban J connectivity index is 2.34. The highest BCUT2D eigenvalue weighted by Gasteiger charge is 2.30. The lowest BCUT2D eigenvalue weighted by Gasteiger charge is -2.20. The number of hydrogen-bond acceptors (Lipinski definition) is 3. The summed E-state index contributed by atoms with van der Waals surface area (Å²) >= 11 is 1.85. The fraction of sp³-hybridized carbons (Fsp3) is 0.900. The van der Waals surface area contributed by atoms with E-state index < -0.39 is 0 Å². The first-order chi connectivity index (χ1) is 6.56. The average molecular weight is 215 g/mol. The fourth-order valence-corrected chi connectivity index (χ4v) is 2.42. The van der Waals surface area contributed by atoms with Crippen molar-refractivity contribution in [3.05, 3.63) is 0 Å². The third-order valence-electron chi connectivity index (χ3n) is 2.52. The van der Waals surface area contributed by atoms with Gasteiger partial charge in [-0.3, -0.25) is 4.99 Å². The van der Waals surface area contributed by atoms with Crippen LogP contribution in [0.1, 0.15) is 20.3 Å². The SMILES string of the molecule is CCC1(C)CSC(=NCCN(C)C)N1. The fourth-order valence-electron chi connectivity index (χ4n) is 1.19. The molecule has 0 aromatic carbocycles. The number of hydrogen-bond donors (Lipinski definition) is 1. The summed E-state index contributed by atoms with van der Waals surface area (Å²) in [5, 5.41) is 4.61. The van der Waals surface area contributed by atoms with E-state index in [4.69, 9.17) is 0 Å². The minimum Gasteiger partial charge on any atom is -0.359 e. The Bertz CT molecular complexity index is 215. The molecule has 0 aromatic rings. The van der Waals surface area contributed by atoms with Crippen molar-refractivity contribution in [2.24, 2.45) is 4.99 Å². The van der Waals surface area contributed by atoms with Crippen molar-refractivity contribution in [2.45, 2.75) is 25.8 Å². The van der Waals surface area contributed by atoms with E-state index in [9.17, 15) is 0 Å². The molecule has 1 rings (SSSR count). The Kier molecular flexibility index (Phi) is 4.26. The lowest BCUT2D eigenvalue weighted by molar-refractivity contribution is 0.419. The minimum absolute atomic E-state index is 0.265. The molecule has 1 atom stereocenters. The van der Waals surface area contributed by atoms with Gasteiger partial charge in [-0.05, 0) is 27.4 Å². The summed E-state index contributed by atoms with van der Waals surface area (Å²) in [6, 6.07) is 0. The number of amidine groups is 1. The lowest BCUT2D eigenvalue weighted by atomic mass is 10.0. The van der Waals surface area contributed by atoms with Crippen molar-refractivity contribution in [1.82, 2.24) is 10.2 Å². The van der Waals surface area contributed by atoms with E-state index in [0.29, 0.717) is 0 Å². The summed E-state index contributed by atoms with van der Waals surface area (Å²) in [5.41, 5.74) is 0.265. The maximum atomic E-state index is 4.53. The predicted octanol–water partition coefficient (Wildman–Crippen LogP) is 1.41. The van der Waals surface area contributed by atoms with Crippen molar-refractivity contribution in [3.63, 3.8) is 0 Å². The Labute approximate surface area is 91.3 Å². The summed E-state index contributed by atoms with van der Waals surface area (Å²) in [7, 11) is 4.15. The molecular formula is C10H21N3S. The van der Waals surface area contributed by atoms with Crippen LogP contribution >= 0.6 is 11.8 Å². The molecule has 1 aliphatic heterocycles. The zero-order chi connectivity index (χ0) is 10.6. The molecule has 1 aliphatic rings. The van der Waals surface area contributed by atoms with E-state index in [2.05, 4.69) is 43.2 Å². The Morgan fingerprint density at radius 3 is 2.79 bits per heavy atom. The Morgan fingerprint density at radius 2 is 2.29 bits per heavy atom. The van der Waals surface area contributed by atoms with Crippen LogP contribution in [0.25, 0.3) is 0 Å². The van der Waals surface area contributed by atoms with Crippen LogP contribution in [0.5, 0.6) is 0 Å². The van der Waals surface area contributed by atoms with Crippen molar-refractivity contribution in [2.75, 3.05) is 32.9 Å². The smallest absolute Gasteiger partial charge is 0.157 e. The number of rotatable bonds is 4. The molecule has 82 valence electrons. The maximum absolute atomic E-state index is 4.53. The number of aliphatic imine (C=N–C) groups is 1. The van der Waals surface area contributed by atoms with Gasteiger partial charge >= 0.3 is 0 Å². The average Bonchev–Trinajstić information content (AvgIpc) is 2.48. The Morgan fingerprint density at radius 1 is 1.57 bits per heavy atom. The van der Waals surface area contributed by atoms with E-state index in [-0.39, 0.29) is 5.54 Å². The molecule has 4 heteroatoms. The molecule has 14 heavy (non-hydrogen) atoms. The molecule has 3 nitrogen and oxygen atoms in total. The number of nitrogens with one attached hydrogen (secondary N) is 1. The van der Waals surface area contributed by atoms with Crippen molar-refractivity contribution < 1.29 is 0 Å². The van der Waals surface area contributed by atoms with Gasteiger partial charge in [-0.1, -0.05) is 18.7 Å². The van der Waals surface area contributed by atoms with Crippen molar-refractivity contribution >= 4 is 16.9 Å². The van der Waals surface area contributed by atoms with Gasteiger partial charge in [0.15, 0.2) is 5.17 Å². The topological polar surface area (TPSA) is 27.6 Å². The third-order valence-corrected chi connectivity index (χ3v) is 3.81. The van der Waals surface area contributed by atoms with Gasteiger partial charge in [0.25, 0.3) is 0 Å². The van der Waals surface area contributed by atoms with Gasteiger partial charge in [-0.2, -0.15) is 0 Å². The van der Waals surface area contributed by atoms with E-state index >= 15 is 0 Å². The van der Waals surface area contributed by atoms with Gasteiger partial charge in [0.1, 0.15) is 0 Å². The predicted molar refractivity (Wildman–Crippen MR) is 65.1 cm³/mol. The molecular weight excluding hydrogens is 194 g/mol. The molecule has 1 unspecified atom stereocenters. The highest BCUT2D eigenvalue weighted by atomic mass is 32.2. The molecule has 1 N–H and O–H groups in total. The van der Waals surface area contributed by atoms with E-state index in [1.807, 2.05) is 11.8 Å². The molecule has 0 saturated carbocycles. The van der Waals surface area contributed by atoms with Gasteiger partial charge in [-0.25, -0.2) is 0 Å². The molecule has 1 heterocycles. The summed E-state index contributed by atoms with van der Waals surface area (Å²) in [4.78, 5) is 6.69. The zero-order valence-electron chi connectivity index (χ0n) is 9.63. The molecule has 0 bridgehead atoms. The van der Waals surface area contributed by atoms with Crippen LogP contribution in [0, 0.1) is 0 Å². The monoisotopic (exact) mass is 215 g/mol. The van der Waals surface area contributed by atoms with Gasteiger partial charge in [-0.15, -0.1) is 0 Å². The summed E-state index contributed by atoms with van der Waals surface area (Å²) in [6.45, 7) is 6.39. The Hall–Kier alpha value is -0.220. The largest absolute Gasteiger partial charge is 0.359 e. The number of nitrogens with zero attached hydrogens (tertiary/aromatic N) is 2. The van der Waals surface area contributed by atoms with Crippen LogP contribution in [0.4, 0.5) is 0 Å². The second kappa shape index (κ2) is 5.03. The molecule has 0 radical (unpaired) electrons. The molecule has 0 aromatic heterocycles. The van der Waals surface area contributed by atoms with Crippen LogP contribution in [-0.2, 0) is 0 Å². The standard InChI is InChI=1S/C10H21N3S/c1-5-10(2)8-14-9(12-10)11-6-7-13(3)4/h5-8H2,1-4H3,(H,11,12). The quantitative estimate of drug-likeness (QED) is 0.768. The molecule has 0 amide bonds. The van der Waals surface area contributed by atoms with E-state index in [0.717, 1.165) is 30.4 Å². The van der Waals surface area contributed by atoms with Crippen molar-refractivity contribution in [3.8, 4) is 0 Å². The first kappa shape index (κ1) is 11.9. The van der Waals surface area contributed by atoms with E-state index in [1.54, 1.807) is 0 Å². The summed E-state index contributed by atoms with van der Waals surface area (Å²) < 4.78 is 0. The number of likely N-dealkylation sites (N-methyl/N-ethyl adjacent to an activating group) is 1. The van der Waals surface area contributed by atoms with Gasteiger partial charge in [0.05, 0.1) is 6.54 Å².